The summed E-state index contributed by atoms with van der Waals surface area (Å²) in [4.78, 5) is 24.7. The van der Waals surface area contributed by atoms with E-state index in [-0.39, 0.29) is 12.3 Å². The van der Waals surface area contributed by atoms with E-state index in [9.17, 15) is 22.8 Å². The van der Waals surface area contributed by atoms with Crippen LogP contribution in [0.15, 0.2) is 24.3 Å². The summed E-state index contributed by atoms with van der Waals surface area (Å²) in [6.45, 7) is 0.609. The third kappa shape index (κ3) is 4.53. The summed E-state index contributed by atoms with van der Waals surface area (Å²) >= 11 is 0. The van der Waals surface area contributed by atoms with Crippen LogP contribution in [0.1, 0.15) is 13.3 Å². The molecule has 2 amide bonds. The molecule has 0 radical (unpaired) electrons. The van der Waals surface area contributed by atoms with Gasteiger partial charge in [0.05, 0.1) is 5.41 Å². The first-order valence-electron chi connectivity index (χ1n) is 7.18. The standard InChI is InChI=1S/C15H17F3N2O4/c1-14(12(21)22)6-7-20(8-14)13(23)19-10-2-4-11(5-3-10)24-9-15(16,17)18/h2-5H,6-9H2,1H3,(H,19,23)(H,21,22). The maximum atomic E-state index is 12.1. The number of likely N-dealkylation sites (tertiary alicyclic amines) is 1. The van der Waals surface area contributed by atoms with Crippen LogP contribution in [0.3, 0.4) is 0 Å². The number of carbonyl (C=O) groups excluding carboxylic acids is 1. The van der Waals surface area contributed by atoms with Gasteiger partial charge in [-0.05, 0) is 37.6 Å². The van der Waals surface area contributed by atoms with E-state index >= 15 is 0 Å². The normalized spacial score (nSPS) is 20.8. The first-order valence-corrected chi connectivity index (χ1v) is 7.18. The Morgan fingerprint density at radius 3 is 2.46 bits per heavy atom. The Kier molecular flexibility index (Phi) is 4.91. The zero-order chi connectivity index (χ0) is 18.0. The summed E-state index contributed by atoms with van der Waals surface area (Å²) in [7, 11) is 0. The van der Waals surface area contributed by atoms with E-state index in [0.717, 1.165) is 0 Å². The van der Waals surface area contributed by atoms with E-state index in [0.29, 0.717) is 18.7 Å². The molecule has 1 aromatic carbocycles. The minimum atomic E-state index is -4.42. The second-order valence-corrected chi connectivity index (χ2v) is 5.90. The van der Waals surface area contributed by atoms with Gasteiger partial charge in [-0.15, -0.1) is 0 Å². The van der Waals surface area contributed by atoms with Crippen molar-refractivity contribution in [2.75, 3.05) is 25.0 Å². The maximum absolute atomic E-state index is 12.1. The molecule has 1 aliphatic heterocycles. The molecule has 1 unspecified atom stereocenters. The van der Waals surface area contributed by atoms with Crippen molar-refractivity contribution in [3.05, 3.63) is 24.3 Å². The smallest absolute Gasteiger partial charge is 0.422 e. The van der Waals surface area contributed by atoms with Crippen LogP contribution in [0.4, 0.5) is 23.7 Å². The van der Waals surface area contributed by atoms with Gasteiger partial charge in [-0.2, -0.15) is 13.2 Å². The minimum Gasteiger partial charge on any atom is -0.484 e. The van der Waals surface area contributed by atoms with Gasteiger partial charge in [0.25, 0.3) is 0 Å². The number of hydrogen-bond donors (Lipinski definition) is 2. The zero-order valence-corrected chi connectivity index (χ0v) is 12.9. The molecule has 1 atom stereocenters. The number of ether oxygens (including phenoxy) is 1. The molecule has 1 heterocycles. The number of carbonyl (C=O) groups is 2. The van der Waals surface area contributed by atoms with E-state index in [1.165, 1.54) is 29.2 Å². The fraction of sp³-hybridized carbons (Fsp3) is 0.467. The van der Waals surface area contributed by atoms with E-state index in [4.69, 9.17) is 5.11 Å². The van der Waals surface area contributed by atoms with Crippen LogP contribution in [0, 0.1) is 5.41 Å². The van der Waals surface area contributed by atoms with Crippen molar-refractivity contribution in [1.29, 1.82) is 0 Å². The molecule has 1 aromatic rings. The zero-order valence-electron chi connectivity index (χ0n) is 12.9. The number of carboxylic acid groups (broad SMARTS) is 1. The molecular formula is C15H17F3N2O4. The number of hydrogen-bond acceptors (Lipinski definition) is 3. The molecule has 1 aliphatic rings. The van der Waals surface area contributed by atoms with Gasteiger partial charge >= 0.3 is 18.2 Å². The Hall–Kier alpha value is -2.45. The highest BCUT2D eigenvalue weighted by Crippen LogP contribution is 2.30. The van der Waals surface area contributed by atoms with Crippen LogP contribution >= 0.6 is 0 Å². The molecule has 0 bridgehead atoms. The van der Waals surface area contributed by atoms with Gasteiger partial charge in [-0.3, -0.25) is 4.79 Å². The van der Waals surface area contributed by atoms with Crippen molar-refractivity contribution in [3.8, 4) is 5.75 Å². The summed E-state index contributed by atoms with van der Waals surface area (Å²) in [5.74, 6) is -0.922. The van der Waals surface area contributed by atoms with Crippen LogP contribution in [-0.4, -0.2) is 47.9 Å². The number of aliphatic carboxylic acids is 1. The van der Waals surface area contributed by atoms with Gasteiger partial charge in [0, 0.05) is 18.8 Å². The molecule has 24 heavy (non-hydrogen) atoms. The number of rotatable bonds is 4. The molecule has 0 saturated carbocycles. The molecule has 2 N–H and O–H groups in total. The van der Waals surface area contributed by atoms with Gasteiger partial charge in [-0.1, -0.05) is 0 Å². The second-order valence-electron chi connectivity index (χ2n) is 5.90. The predicted octanol–water partition coefficient (Wildman–Crippen LogP) is 2.96. The lowest BCUT2D eigenvalue weighted by atomic mass is 9.90. The van der Waals surface area contributed by atoms with Gasteiger partial charge < -0.3 is 20.1 Å². The Labute approximate surface area is 136 Å². The van der Waals surface area contributed by atoms with E-state index in [1.54, 1.807) is 6.92 Å². The molecule has 0 aliphatic carbocycles. The van der Waals surface area contributed by atoms with Crippen molar-refractivity contribution >= 4 is 17.7 Å². The van der Waals surface area contributed by atoms with Gasteiger partial charge in [0.15, 0.2) is 6.61 Å². The number of carboxylic acids is 1. The number of alkyl halides is 3. The number of halogens is 3. The van der Waals surface area contributed by atoms with Crippen molar-refractivity contribution in [3.63, 3.8) is 0 Å². The van der Waals surface area contributed by atoms with Gasteiger partial charge in [0.1, 0.15) is 5.75 Å². The highest BCUT2D eigenvalue weighted by molar-refractivity contribution is 5.90. The fourth-order valence-corrected chi connectivity index (χ4v) is 2.31. The van der Waals surface area contributed by atoms with Crippen LogP contribution in [0.25, 0.3) is 0 Å². The lowest BCUT2D eigenvalue weighted by Gasteiger charge is -2.20. The first-order chi connectivity index (χ1) is 11.1. The van der Waals surface area contributed by atoms with Crippen molar-refractivity contribution in [2.45, 2.75) is 19.5 Å². The fourth-order valence-electron chi connectivity index (χ4n) is 2.31. The molecule has 2 rings (SSSR count). The molecular weight excluding hydrogens is 329 g/mol. The highest BCUT2D eigenvalue weighted by atomic mass is 19.4. The number of benzene rings is 1. The van der Waals surface area contributed by atoms with Gasteiger partial charge in [0.2, 0.25) is 0 Å². The SMILES string of the molecule is CC1(C(=O)O)CCN(C(=O)Nc2ccc(OCC(F)(F)F)cc2)C1. The molecule has 132 valence electrons. The van der Waals surface area contributed by atoms with Crippen molar-refractivity contribution in [2.24, 2.45) is 5.41 Å². The van der Waals surface area contributed by atoms with Gasteiger partial charge in [-0.25, -0.2) is 4.79 Å². The third-order valence-electron chi connectivity index (χ3n) is 3.78. The minimum absolute atomic E-state index is 0.0324. The molecule has 6 nitrogen and oxygen atoms in total. The number of urea groups is 1. The quantitative estimate of drug-likeness (QED) is 0.879. The first kappa shape index (κ1) is 17.9. The molecule has 1 saturated heterocycles. The van der Waals surface area contributed by atoms with Crippen LogP contribution in [0.2, 0.25) is 0 Å². The largest absolute Gasteiger partial charge is 0.484 e. The summed E-state index contributed by atoms with van der Waals surface area (Å²) in [6, 6.07) is 5.00. The number of nitrogens with one attached hydrogen (secondary N) is 1. The summed E-state index contributed by atoms with van der Waals surface area (Å²) in [6.07, 6.45) is -4.06. The Balaban J connectivity index is 1.90. The number of amides is 2. The summed E-state index contributed by atoms with van der Waals surface area (Å²) in [5.41, 5.74) is -0.588. The average Bonchev–Trinajstić information content (AvgIpc) is 2.90. The highest BCUT2D eigenvalue weighted by Gasteiger charge is 2.42. The molecule has 9 heteroatoms. The maximum Gasteiger partial charge on any atom is 0.422 e. The van der Waals surface area contributed by atoms with Crippen molar-refractivity contribution < 1.29 is 32.6 Å². The van der Waals surface area contributed by atoms with Crippen molar-refractivity contribution in [1.82, 2.24) is 4.90 Å². The lowest BCUT2D eigenvalue weighted by Crippen LogP contribution is -2.37. The van der Waals surface area contributed by atoms with E-state index in [2.05, 4.69) is 10.1 Å². The summed E-state index contributed by atoms with van der Waals surface area (Å²) in [5, 5.41) is 11.7. The monoisotopic (exact) mass is 346 g/mol. The van der Waals surface area contributed by atoms with Crippen LogP contribution in [-0.2, 0) is 4.79 Å². The van der Waals surface area contributed by atoms with E-state index < -0.39 is 30.2 Å². The average molecular weight is 346 g/mol. The molecule has 1 fully saturated rings. The Morgan fingerprint density at radius 1 is 1.33 bits per heavy atom. The molecule has 0 spiro atoms. The lowest BCUT2D eigenvalue weighted by molar-refractivity contribution is -0.153. The summed E-state index contributed by atoms with van der Waals surface area (Å²) < 4.78 is 40.7. The van der Waals surface area contributed by atoms with E-state index in [1.807, 2.05) is 0 Å². The topological polar surface area (TPSA) is 78.9 Å². The van der Waals surface area contributed by atoms with Crippen LogP contribution < -0.4 is 10.1 Å². The Bertz CT molecular complexity index is 618. The molecule has 0 aromatic heterocycles. The second kappa shape index (κ2) is 6.58. The number of nitrogens with zero attached hydrogens (tertiary/aromatic N) is 1. The third-order valence-corrected chi connectivity index (χ3v) is 3.78. The predicted molar refractivity (Wildman–Crippen MR) is 78.9 cm³/mol. The van der Waals surface area contributed by atoms with Crippen LogP contribution in [0.5, 0.6) is 5.75 Å². The Morgan fingerprint density at radius 2 is 1.96 bits per heavy atom. The number of anilines is 1.